The molecule has 4 aromatic carbocycles. The van der Waals surface area contributed by atoms with Crippen molar-refractivity contribution in [3.05, 3.63) is 95.3 Å². The number of ether oxygens (including phenoxy) is 1. The average molecular weight is 436 g/mol. The standard InChI is InChI=1S/C27H17FN2O3/c1-33-27(32)23-24-20(16-6-2-4-8-18(16)29-24)22(26(31)14-10-12-15(28)13-11-14)21-17-7-3-5-9-19(17)30-25(21)23/h2-13,29-30H,1H3. The van der Waals surface area contributed by atoms with Crippen LogP contribution in [0.15, 0.2) is 72.8 Å². The van der Waals surface area contributed by atoms with Crippen LogP contribution in [0.3, 0.4) is 0 Å². The number of benzene rings is 4. The van der Waals surface area contributed by atoms with Gasteiger partial charge in [0.25, 0.3) is 0 Å². The predicted octanol–water partition coefficient (Wildman–Crippen LogP) is 6.11. The Hall–Kier alpha value is -4.45. The third-order valence-corrected chi connectivity index (χ3v) is 6.14. The zero-order valence-electron chi connectivity index (χ0n) is 17.5. The van der Waals surface area contributed by atoms with Crippen LogP contribution in [0.1, 0.15) is 26.3 Å². The number of halogens is 1. The van der Waals surface area contributed by atoms with Crippen LogP contribution in [0.4, 0.5) is 4.39 Å². The Kier molecular flexibility index (Phi) is 4.10. The number of hydrogen-bond donors (Lipinski definition) is 2. The van der Waals surface area contributed by atoms with Crippen LogP contribution >= 0.6 is 0 Å². The highest BCUT2D eigenvalue weighted by molar-refractivity contribution is 6.36. The van der Waals surface area contributed by atoms with Crippen molar-refractivity contribution in [2.24, 2.45) is 0 Å². The number of fused-ring (bicyclic) bond motifs is 6. The summed E-state index contributed by atoms with van der Waals surface area (Å²) in [6, 6.07) is 20.7. The molecule has 0 aliphatic rings. The van der Waals surface area contributed by atoms with E-state index in [0.717, 1.165) is 21.8 Å². The third-order valence-electron chi connectivity index (χ3n) is 6.14. The number of carbonyl (C=O) groups excluding carboxylic acids is 2. The fourth-order valence-electron chi connectivity index (χ4n) is 4.71. The summed E-state index contributed by atoms with van der Waals surface area (Å²) >= 11 is 0. The molecule has 0 unspecified atom stereocenters. The molecule has 0 radical (unpaired) electrons. The fraction of sp³-hybridized carbons (Fsp3) is 0.0370. The number of esters is 1. The van der Waals surface area contributed by atoms with Gasteiger partial charge in [0.15, 0.2) is 5.78 Å². The maximum atomic E-state index is 14.0. The van der Waals surface area contributed by atoms with E-state index in [1.54, 1.807) is 0 Å². The van der Waals surface area contributed by atoms with Crippen LogP contribution < -0.4 is 0 Å². The number of aromatic amines is 2. The van der Waals surface area contributed by atoms with Crippen LogP contribution in [0, 0.1) is 5.82 Å². The van der Waals surface area contributed by atoms with Gasteiger partial charge in [0.1, 0.15) is 11.4 Å². The van der Waals surface area contributed by atoms with Crippen LogP contribution in [-0.4, -0.2) is 28.8 Å². The monoisotopic (exact) mass is 436 g/mol. The molecule has 0 aliphatic carbocycles. The van der Waals surface area contributed by atoms with Crippen molar-refractivity contribution in [1.82, 2.24) is 9.97 Å². The fourth-order valence-corrected chi connectivity index (χ4v) is 4.71. The van der Waals surface area contributed by atoms with Crippen LogP contribution in [0.2, 0.25) is 0 Å². The summed E-state index contributed by atoms with van der Waals surface area (Å²) < 4.78 is 18.7. The molecule has 0 saturated heterocycles. The number of rotatable bonds is 3. The summed E-state index contributed by atoms with van der Waals surface area (Å²) in [6.07, 6.45) is 0. The molecule has 2 aromatic heterocycles. The molecule has 5 nitrogen and oxygen atoms in total. The summed E-state index contributed by atoms with van der Waals surface area (Å²) in [7, 11) is 1.34. The minimum absolute atomic E-state index is 0.254. The Morgan fingerprint density at radius 1 is 0.727 bits per heavy atom. The first-order valence-electron chi connectivity index (χ1n) is 10.4. The summed E-state index contributed by atoms with van der Waals surface area (Å²) in [4.78, 5) is 33.6. The number of nitrogens with one attached hydrogen (secondary N) is 2. The number of hydrogen-bond acceptors (Lipinski definition) is 3. The normalized spacial score (nSPS) is 11.6. The molecule has 0 fully saturated rings. The molecule has 6 heteroatoms. The molecular formula is C27H17FN2O3. The van der Waals surface area contributed by atoms with Gasteiger partial charge in [0.05, 0.1) is 18.1 Å². The second-order valence-corrected chi connectivity index (χ2v) is 7.92. The maximum absolute atomic E-state index is 14.0. The Morgan fingerprint density at radius 2 is 1.24 bits per heavy atom. The Morgan fingerprint density at radius 3 is 1.76 bits per heavy atom. The smallest absolute Gasteiger partial charge is 0.342 e. The van der Waals surface area contributed by atoms with E-state index in [1.807, 2.05) is 48.5 Å². The Balaban J connectivity index is 1.89. The third kappa shape index (κ3) is 2.70. The lowest BCUT2D eigenvalue weighted by Gasteiger charge is -2.11. The maximum Gasteiger partial charge on any atom is 0.342 e. The Labute approximate surface area is 186 Å². The number of carbonyl (C=O) groups is 2. The van der Waals surface area contributed by atoms with Crippen molar-refractivity contribution in [3.8, 4) is 0 Å². The van der Waals surface area contributed by atoms with E-state index < -0.39 is 11.8 Å². The molecule has 160 valence electrons. The first-order chi connectivity index (χ1) is 16.1. The number of H-pyrrole nitrogens is 2. The van der Waals surface area contributed by atoms with Gasteiger partial charge in [-0.3, -0.25) is 4.79 Å². The van der Waals surface area contributed by atoms with E-state index in [1.165, 1.54) is 31.4 Å². The van der Waals surface area contributed by atoms with E-state index in [-0.39, 0.29) is 5.78 Å². The van der Waals surface area contributed by atoms with Gasteiger partial charge in [-0.25, -0.2) is 9.18 Å². The van der Waals surface area contributed by atoms with E-state index in [4.69, 9.17) is 4.74 Å². The minimum atomic E-state index is -0.510. The molecule has 6 rings (SSSR count). The lowest BCUT2D eigenvalue weighted by atomic mass is 9.91. The highest BCUT2D eigenvalue weighted by atomic mass is 19.1. The second-order valence-electron chi connectivity index (χ2n) is 7.92. The van der Waals surface area contributed by atoms with Gasteiger partial charge in [-0.2, -0.15) is 0 Å². The lowest BCUT2D eigenvalue weighted by Crippen LogP contribution is -2.08. The summed E-state index contributed by atoms with van der Waals surface area (Å²) in [5, 5.41) is 2.90. The van der Waals surface area contributed by atoms with Gasteiger partial charge < -0.3 is 14.7 Å². The van der Waals surface area contributed by atoms with Crippen molar-refractivity contribution < 1.29 is 18.7 Å². The molecule has 2 heterocycles. The largest absolute Gasteiger partial charge is 0.465 e. The molecule has 0 aliphatic heterocycles. The second kappa shape index (κ2) is 7.03. The van der Waals surface area contributed by atoms with Crippen LogP contribution in [0.25, 0.3) is 43.6 Å². The van der Waals surface area contributed by atoms with Gasteiger partial charge in [0.2, 0.25) is 0 Å². The highest BCUT2D eigenvalue weighted by Gasteiger charge is 2.28. The number of ketones is 1. The van der Waals surface area contributed by atoms with Gasteiger partial charge >= 0.3 is 5.97 Å². The molecular weight excluding hydrogens is 419 g/mol. The predicted molar refractivity (Wildman–Crippen MR) is 126 cm³/mol. The topological polar surface area (TPSA) is 75.0 Å². The first-order valence-corrected chi connectivity index (χ1v) is 10.4. The van der Waals surface area contributed by atoms with Crippen LogP contribution in [0.5, 0.6) is 0 Å². The summed E-state index contributed by atoms with van der Waals surface area (Å²) in [5.41, 5.74) is 3.78. The molecule has 33 heavy (non-hydrogen) atoms. The van der Waals surface area contributed by atoms with E-state index >= 15 is 0 Å². The molecule has 0 atom stereocenters. The van der Waals surface area contributed by atoms with Crippen molar-refractivity contribution in [3.63, 3.8) is 0 Å². The van der Waals surface area contributed by atoms with Gasteiger partial charge in [-0.1, -0.05) is 36.4 Å². The minimum Gasteiger partial charge on any atom is -0.465 e. The highest BCUT2D eigenvalue weighted by Crippen LogP contribution is 2.41. The summed E-state index contributed by atoms with van der Waals surface area (Å²) in [6.45, 7) is 0. The molecule has 0 bridgehead atoms. The Bertz CT molecular complexity index is 1650. The number of methoxy groups -OCH3 is 1. The van der Waals surface area contributed by atoms with Gasteiger partial charge in [0, 0.05) is 43.7 Å². The summed E-state index contributed by atoms with van der Waals surface area (Å²) in [5.74, 6) is -1.18. The van der Waals surface area contributed by atoms with E-state index in [9.17, 15) is 14.0 Å². The van der Waals surface area contributed by atoms with Gasteiger partial charge in [-0.15, -0.1) is 0 Å². The van der Waals surface area contributed by atoms with Crippen LogP contribution in [-0.2, 0) is 4.74 Å². The zero-order chi connectivity index (χ0) is 22.7. The average Bonchev–Trinajstić information content (AvgIpc) is 3.41. The SMILES string of the molecule is COC(=O)c1c2[nH]c3ccccc3c2c(C(=O)c2ccc(F)cc2)c2c1[nH]c1ccccc12. The molecule has 0 spiro atoms. The van der Waals surface area contributed by atoms with E-state index in [2.05, 4.69) is 9.97 Å². The van der Waals surface area contributed by atoms with Crippen molar-refractivity contribution in [2.45, 2.75) is 0 Å². The van der Waals surface area contributed by atoms with E-state index in [0.29, 0.717) is 38.5 Å². The quantitative estimate of drug-likeness (QED) is 0.260. The van der Waals surface area contributed by atoms with Gasteiger partial charge in [-0.05, 0) is 36.4 Å². The zero-order valence-corrected chi connectivity index (χ0v) is 17.5. The van der Waals surface area contributed by atoms with Crippen molar-refractivity contribution in [2.75, 3.05) is 7.11 Å². The molecule has 0 saturated carbocycles. The molecule has 2 N–H and O–H groups in total. The lowest BCUT2D eigenvalue weighted by molar-refractivity contribution is 0.0604. The first kappa shape index (κ1) is 19.3. The molecule has 0 amide bonds. The van der Waals surface area contributed by atoms with Crippen molar-refractivity contribution >= 4 is 55.4 Å². The number of para-hydroxylation sites is 2. The molecule has 6 aromatic rings. The van der Waals surface area contributed by atoms with Crippen molar-refractivity contribution in [1.29, 1.82) is 0 Å². The number of aromatic nitrogens is 2.